The zero-order valence-corrected chi connectivity index (χ0v) is 14.9. The fourth-order valence-electron chi connectivity index (χ4n) is 3.38. The summed E-state index contributed by atoms with van der Waals surface area (Å²) in [6.45, 7) is 0.434. The van der Waals surface area contributed by atoms with Crippen LogP contribution in [0.4, 0.5) is 0 Å². The number of hydrogen-bond acceptors (Lipinski definition) is 3. The molecule has 2 aromatic carbocycles. The van der Waals surface area contributed by atoms with E-state index < -0.39 is 18.1 Å². The maximum Gasteiger partial charge on any atom is 0.326 e. The van der Waals surface area contributed by atoms with E-state index in [1.807, 2.05) is 36.4 Å². The van der Waals surface area contributed by atoms with Crippen LogP contribution in [0.2, 0.25) is 0 Å². The molecular formula is C21H22N2O4. The number of nitrogens with one attached hydrogen (secondary N) is 1. The van der Waals surface area contributed by atoms with Gasteiger partial charge >= 0.3 is 5.97 Å². The third-order valence-electron chi connectivity index (χ3n) is 4.78. The molecule has 0 saturated carbocycles. The van der Waals surface area contributed by atoms with E-state index in [0.29, 0.717) is 24.9 Å². The van der Waals surface area contributed by atoms with E-state index in [-0.39, 0.29) is 18.2 Å². The van der Waals surface area contributed by atoms with Crippen LogP contribution < -0.4 is 5.32 Å². The highest BCUT2D eigenvalue weighted by atomic mass is 16.4. The Morgan fingerprint density at radius 3 is 2.30 bits per heavy atom. The maximum atomic E-state index is 12.8. The Hall–Kier alpha value is -3.15. The van der Waals surface area contributed by atoms with Gasteiger partial charge in [0.25, 0.3) is 5.91 Å². The Labute approximate surface area is 157 Å². The normalized spacial score (nSPS) is 17.3. The zero-order valence-electron chi connectivity index (χ0n) is 14.9. The summed E-state index contributed by atoms with van der Waals surface area (Å²) in [5.74, 6) is -1.51. The summed E-state index contributed by atoms with van der Waals surface area (Å²) in [6, 6.07) is 16.7. The van der Waals surface area contributed by atoms with Crippen molar-refractivity contribution >= 4 is 17.8 Å². The molecule has 2 amide bonds. The van der Waals surface area contributed by atoms with Crippen molar-refractivity contribution in [2.75, 3.05) is 6.54 Å². The first-order valence-corrected chi connectivity index (χ1v) is 8.99. The van der Waals surface area contributed by atoms with Crippen LogP contribution in [-0.2, 0) is 9.59 Å². The van der Waals surface area contributed by atoms with Crippen molar-refractivity contribution in [3.05, 3.63) is 71.8 Å². The lowest BCUT2D eigenvalue weighted by Gasteiger charge is -2.25. The SMILES string of the molecule is O=C(NC(CC(=O)N1CCC[C@H]1C(=O)O)c1ccccc1)c1ccccc1. The minimum Gasteiger partial charge on any atom is -0.480 e. The second kappa shape index (κ2) is 8.49. The van der Waals surface area contributed by atoms with Gasteiger partial charge in [0, 0.05) is 12.1 Å². The van der Waals surface area contributed by atoms with Gasteiger partial charge in [-0.3, -0.25) is 9.59 Å². The predicted molar refractivity (Wildman–Crippen MR) is 100 cm³/mol. The van der Waals surface area contributed by atoms with E-state index in [4.69, 9.17) is 0 Å². The summed E-state index contributed by atoms with van der Waals surface area (Å²) >= 11 is 0. The fraction of sp³-hybridized carbons (Fsp3) is 0.286. The van der Waals surface area contributed by atoms with Crippen LogP contribution in [0.3, 0.4) is 0 Å². The minimum atomic E-state index is -0.981. The maximum absolute atomic E-state index is 12.8. The molecule has 6 nitrogen and oxygen atoms in total. The average molecular weight is 366 g/mol. The highest BCUT2D eigenvalue weighted by Gasteiger charge is 2.35. The monoisotopic (exact) mass is 366 g/mol. The van der Waals surface area contributed by atoms with E-state index >= 15 is 0 Å². The van der Waals surface area contributed by atoms with Crippen LogP contribution in [0.5, 0.6) is 0 Å². The lowest BCUT2D eigenvalue weighted by Crippen LogP contribution is -2.42. The Balaban J connectivity index is 1.77. The van der Waals surface area contributed by atoms with Gasteiger partial charge in [-0.05, 0) is 30.5 Å². The smallest absolute Gasteiger partial charge is 0.326 e. The molecule has 1 unspecified atom stereocenters. The van der Waals surface area contributed by atoms with Gasteiger partial charge in [-0.15, -0.1) is 0 Å². The number of carboxylic acid groups (broad SMARTS) is 1. The number of hydrogen-bond donors (Lipinski definition) is 2. The first-order valence-electron chi connectivity index (χ1n) is 8.99. The van der Waals surface area contributed by atoms with Crippen molar-refractivity contribution in [2.45, 2.75) is 31.3 Å². The third kappa shape index (κ3) is 4.53. The lowest BCUT2D eigenvalue weighted by molar-refractivity contribution is -0.148. The number of likely N-dealkylation sites (tertiary alicyclic amines) is 1. The summed E-state index contributed by atoms with van der Waals surface area (Å²) in [6.07, 6.45) is 1.16. The molecule has 0 aliphatic carbocycles. The molecule has 1 aliphatic rings. The number of benzene rings is 2. The van der Waals surface area contributed by atoms with Gasteiger partial charge in [0.1, 0.15) is 6.04 Å². The second-order valence-electron chi connectivity index (χ2n) is 6.59. The molecule has 1 aliphatic heterocycles. The predicted octanol–water partition coefficient (Wildman–Crippen LogP) is 2.62. The molecular weight excluding hydrogens is 344 g/mol. The number of carboxylic acids is 1. The van der Waals surface area contributed by atoms with Gasteiger partial charge < -0.3 is 15.3 Å². The molecule has 2 atom stereocenters. The first-order chi connectivity index (χ1) is 13.1. The van der Waals surface area contributed by atoms with Crippen LogP contribution in [0.25, 0.3) is 0 Å². The van der Waals surface area contributed by atoms with Crippen molar-refractivity contribution in [3.8, 4) is 0 Å². The molecule has 0 bridgehead atoms. The van der Waals surface area contributed by atoms with Crippen LogP contribution in [0.15, 0.2) is 60.7 Å². The number of rotatable bonds is 6. The van der Waals surface area contributed by atoms with Crippen molar-refractivity contribution < 1.29 is 19.5 Å². The second-order valence-corrected chi connectivity index (χ2v) is 6.59. The topological polar surface area (TPSA) is 86.7 Å². The highest BCUT2D eigenvalue weighted by molar-refractivity contribution is 5.95. The van der Waals surface area contributed by atoms with Crippen LogP contribution in [0.1, 0.15) is 41.2 Å². The van der Waals surface area contributed by atoms with Crippen LogP contribution >= 0.6 is 0 Å². The van der Waals surface area contributed by atoms with Gasteiger partial charge in [-0.1, -0.05) is 48.5 Å². The molecule has 140 valence electrons. The molecule has 1 fully saturated rings. The molecule has 1 saturated heterocycles. The van der Waals surface area contributed by atoms with Gasteiger partial charge in [-0.2, -0.15) is 0 Å². The van der Waals surface area contributed by atoms with Crippen LogP contribution in [-0.4, -0.2) is 40.4 Å². The number of nitrogens with zero attached hydrogens (tertiary/aromatic N) is 1. The van der Waals surface area contributed by atoms with Gasteiger partial charge in [0.05, 0.1) is 12.5 Å². The zero-order chi connectivity index (χ0) is 19.2. The van der Waals surface area contributed by atoms with Gasteiger partial charge in [0.2, 0.25) is 5.91 Å². The fourth-order valence-corrected chi connectivity index (χ4v) is 3.38. The Bertz CT molecular complexity index is 807. The molecule has 0 radical (unpaired) electrons. The molecule has 27 heavy (non-hydrogen) atoms. The molecule has 3 rings (SSSR count). The molecule has 1 heterocycles. The quantitative estimate of drug-likeness (QED) is 0.823. The Kier molecular flexibility index (Phi) is 5.86. The summed E-state index contributed by atoms with van der Waals surface area (Å²) in [5, 5.41) is 12.2. The third-order valence-corrected chi connectivity index (χ3v) is 4.78. The van der Waals surface area contributed by atoms with Crippen molar-refractivity contribution in [1.82, 2.24) is 10.2 Å². The highest BCUT2D eigenvalue weighted by Crippen LogP contribution is 2.23. The van der Waals surface area contributed by atoms with Crippen molar-refractivity contribution in [1.29, 1.82) is 0 Å². The number of carbonyl (C=O) groups excluding carboxylic acids is 2. The van der Waals surface area contributed by atoms with Crippen LogP contribution in [0, 0.1) is 0 Å². The van der Waals surface area contributed by atoms with Gasteiger partial charge in [0.15, 0.2) is 0 Å². The van der Waals surface area contributed by atoms with E-state index in [2.05, 4.69) is 5.32 Å². The minimum absolute atomic E-state index is 0.0202. The van der Waals surface area contributed by atoms with Gasteiger partial charge in [-0.25, -0.2) is 4.79 Å². The number of aliphatic carboxylic acids is 1. The summed E-state index contributed by atoms with van der Waals surface area (Å²) in [7, 11) is 0. The molecule has 2 N–H and O–H groups in total. The average Bonchev–Trinajstić information content (AvgIpc) is 3.19. The van der Waals surface area contributed by atoms with Crippen molar-refractivity contribution in [2.24, 2.45) is 0 Å². The largest absolute Gasteiger partial charge is 0.480 e. The Morgan fingerprint density at radius 2 is 1.67 bits per heavy atom. The standard InChI is InChI=1S/C21H22N2O4/c24-19(23-13-7-12-18(23)21(26)27)14-17(15-8-3-1-4-9-15)22-20(25)16-10-5-2-6-11-16/h1-6,8-11,17-18H,7,12-14H2,(H,22,25)(H,26,27)/t17?,18-/m0/s1. The number of amides is 2. The lowest BCUT2D eigenvalue weighted by atomic mass is 10.0. The summed E-state index contributed by atoms with van der Waals surface area (Å²) in [5.41, 5.74) is 1.32. The van der Waals surface area contributed by atoms with E-state index in [0.717, 1.165) is 5.56 Å². The first kappa shape index (κ1) is 18.6. The number of carbonyl (C=O) groups is 3. The molecule has 2 aromatic rings. The summed E-state index contributed by atoms with van der Waals surface area (Å²) < 4.78 is 0. The van der Waals surface area contributed by atoms with E-state index in [9.17, 15) is 19.5 Å². The Morgan fingerprint density at radius 1 is 1.04 bits per heavy atom. The van der Waals surface area contributed by atoms with E-state index in [1.165, 1.54) is 4.90 Å². The molecule has 0 aromatic heterocycles. The van der Waals surface area contributed by atoms with Crippen molar-refractivity contribution in [3.63, 3.8) is 0 Å². The molecule has 0 spiro atoms. The summed E-state index contributed by atoms with van der Waals surface area (Å²) in [4.78, 5) is 38.1. The molecule has 6 heteroatoms. The van der Waals surface area contributed by atoms with E-state index in [1.54, 1.807) is 24.3 Å².